The molecule has 1 heterocycles. The molecular formula is C23H21Cl2NO5. The van der Waals surface area contributed by atoms with Crippen LogP contribution in [0.25, 0.3) is 0 Å². The molecule has 0 bridgehead atoms. The number of rotatable bonds is 8. The number of ketones is 1. The van der Waals surface area contributed by atoms with Gasteiger partial charge in [-0.15, -0.1) is 24.8 Å². The highest BCUT2D eigenvalue weighted by molar-refractivity contribution is 5.97. The maximum absolute atomic E-state index is 12.0. The number of hydrogen-bond donors (Lipinski definition) is 0. The van der Waals surface area contributed by atoms with Crippen LogP contribution in [-0.4, -0.2) is 29.3 Å². The second-order valence-electron chi connectivity index (χ2n) is 6.26. The highest BCUT2D eigenvalue weighted by Gasteiger charge is 2.11. The van der Waals surface area contributed by atoms with Crippen LogP contribution in [-0.2, 0) is 27.3 Å². The van der Waals surface area contributed by atoms with Crippen molar-refractivity contribution in [1.82, 2.24) is 4.98 Å². The molecule has 0 aliphatic rings. The lowest BCUT2D eigenvalue weighted by molar-refractivity contribution is -0.141. The molecule has 31 heavy (non-hydrogen) atoms. The summed E-state index contributed by atoms with van der Waals surface area (Å²) in [5, 5.41) is 0. The van der Waals surface area contributed by atoms with E-state index < -0.39 is 11.9 Å². The van der Waals surface area contributed by atoms with E-state index in [1.165, 1.54) is 6.20 Å². The molecular weight excluding hydrogens is 441 g/mol. The highest BCUT2D eigenvalue weighted by atomic mass is 35.5. The zero-order valence-electron chi connectivity index (χ0n) is 16.4. The van der Waals surface area contributed by atoms with Crippen LogP contribution in [0.3, 0.4) is 0 Å². The third-order valence-corrected chi connectivity index (χ3v) is 4.10. The van der Waals surface area contributed by atoms with E-state index in [4.69, 9.17) is 9.47 Å². The zero-order chi connectivity index (χ0) is 20.5. The van der Waals surface area contributed by atoms with Crippen LogP contribution in [0.1, 0.15) is 31.8 Å². The molecule has 6 nitrogen and oxygen atoms in total. The summed E-state index contributed by atoms with van der Waals surface area (Å²) in [6.45, 7) is -0.171. The molecule has 0 saturated heterocycles. The number of ether oxygens (including phenoxy) is 2. The van der Waals surface area contributed by atoms with Crippen LogP contribution in [0.4, 0.5) is 0 Å². The maximum atomic E-state index is 12.0. The lowest BCUT2D eigenvalue weighted by Crippen LogP contribution is -2.15. The monoisotopic (exact) mass is 461 g/mol. The Kier molecular flexibility index (Phi) is 11.0. The Hall–Kier alpha value is -3.22. The highest BCUT2D eigenvalue weighted by Crippen LogP contribution is 2.09. The summed E-state index contributed by atoms with van der Waals surface area (Å²) in [6.07, 6.45) is 3.08. The van der Waals surface area contributed by atoms with Gasteiger partial charge in [0, 0.05) is 18.0 Å². The average molecular weight is 462 g/mol. The van der Waals surface area contributed by atoms with Crippen LogP contribution in [0.15, 0.2) is 79.1 Å². The van der Waals surface area contributed by atoms with E-state index in [0.717, 1.165) is 11.1 Å². The number of pyridine rings is 1. The van der Waals surface area contributed by atoms with Gasteiger partial charge in [0.15, 0.2) is 12.4 Å². The van der Waals surface area contributed by atoms with Gasteiger partial charge in [-0.3, -0.25) is 14.6 Å². The Bertz CT molecular complexity index is 980. The molecule has 0 amide bonds. The summed E-state index contributed by atoms with van der Waals surface area (Å²) in [6, 6.07) is 19.0. The topological polar surface area (TPSA) is 82.6 Å². The lowest BCUT2D eigenvalue weighted by Gasteiger charge is -2.07. The smallest absolute Gasteiger partial charge is 0.340 e. The van der Waals surface area contributed by atoms with Crippen molar-refractivity contribution in [3.05, 3.63) is 101 Å². The molecule has 0 spiro atoms. The van der Waals surface area contributed by atoms with Gasteiger partial charge in [-0.1, -0.05) is 54.6 Å². The predicted molar refractivity (Wildman–Crippen MR) is 120 cm³/mol. The van der Waals surface area contributed by atoms with Crippen molar-refractivity contribution in [2.45, 2.75) is 13.0 Å². The van der Waals surface area contributed by atoms with Crippen LogP contribution in [0.5, 0.6) is 0 Å². The Labute approximate surface area is 192 Å². The van der Waals surface area contributed by atoms with Gasteiger partial charge in [0.05, 0.1) is 12.0 Å². The molecule has 0 saturated carbocycles. The SMILES string of the molecule is Cl.Cl.O=C(Cc1ccc(COC(=O)c2cccnc2)cc1)OCC(=O)c1ccccc1. The van der Waals surface area contributed by atoms with Crippen LogP contribution in [0.2, 0.25) is 0 Å². The number of hydrogen-bond acceptors (Lipinski definition) is 6. The van der Waals surface area contributed by atoms with E-state index >= 15 is 0 Å². The van der Waals surface area contributed by atoms with E-state index in [1.54, 1.807) is 66.9 Å². The van der Waals surface area contributed by atoms with Crippen molar-refractivity contribution in [3.63, 3.8) is 0 Å². The lowest BCUT2D eigenvalue weighted by atomic mass is 10.1. The van der Waals surface area contributed by atoms with E-state index in [1.807, 2.05) is 6.07 Å². The van der Waals surface area contributed by atoms with Gasteiger partial charge in [0.25, 0.3) is 0 Å². The van der Waals surface area contributed by atoms with Gasteiger partial charge in [-0.25, -0.2) is 4.79 Å². The molecule has 1 aromatic heterocycles. The number of carbonyl (C=O) groups excluding carboxylic acids is 3. The molecule has 0 N–H and O–H groups in total. The number of nitrogens with zero attached hydrogens (tertiary/aromatic N) is 1. The molecule has 0 aliphatic carbocycles. The minimum atomic E-state index is -0.481. The summed E-state index contributed by atoms with van der Waals surface area (Å²) in [7, 11) is 0. The van der Waals surface area contributed by atoms with Gasteiger partial charge < -0.3 is 9.47 Å². The average Bonchev–Trinajstić information content (AvgIpc) is 2.78. The molecule has 0 atom stereocenters. The van der Waals surface area contributed by atoms with Gasteiger partial charge >= 0.3 is 11.9 Å². The summed E-state index contributed by atoms with van der Waals surface area (Å²) in [4.78, 5) is 39.7. The standard InChI is InChI=1S/C23H19NO5.2ClH/c25-21(19-5-2-1-3-6-19)16-28-22(26)13-17-8-10-18(11-9-17)15-29-23(27)20-7-4-12-24-14-20;;/h1-12,14H,13,15-16H2;2*1H. The molecule has 3 aromatic rings. The second-order valence-corrected chi connectivity index (χ2v) is 6.26. The van der Waals surface area contributed by atoms with E-state index in [2.05, 4.69) is 4.98 Å². The summed E-state index contributed by atoms with van der Waals surface area (Å²) in [5.41, 5.74) is 2.42. The van der Waals surface area contributed by atoms with Crippen LogP contribution < -0.4 is 0 Å². The van der Waals surface area contributed by atoms with Crippen molar-refractivity contribution in [2.24, 2.45) is 0 Å². The molecule has 0 unspecified atom stereocenters. The van der Waals surface area contributed by atoms with Crippen LogP contribution >= 0.6 is 24.8 Å². The van der Waals surface area contributed by atoms with Crippen molar-refractivity contribution >= 4 is 42.5 Å². The second kappa shape index (κ2) is 13.2. The quantitative estimate of drug-likeness (QED) is 0.368. The van der Waals surface area contributed by atoms with Gasteiger partial charge in [-0.05, 0) is 23.3 Å². The normalized spacial score (nSPS) is 9.55. The number of Topliss-reactive ketones (excluding diaryl/α,β-unsaturated/α-hetero) is 1. The van der Waals surface area contributed by atoms with E-state index in [0.29, 0.717) is 11.1 Å². The first-order valence-corrected chi connectivity index (χ1v) is 9.00. The number of esters is 2. The molecule has 2 aromatic carbocycles. The third kappa shape index (κ3) is 8.20. The molecule has 162 valence electrons. The van der Waals surface area contributed by atoms with Gasteiger partial charge in [0.2, 0.25) is 0 Å². The molecule has 3 rings (SSSR count). The minimum Gasteiger partial charge on any atom is -0.457 e. The van der Waals surface area contributed by atoms with E-state index in [-0.39, 0.29) is 50.2 Å². The van der Waals surface area contributed by atoms with Crippen molar-refractivity contribution in [1.29, 1.82) is 0 Å². The predicted octanol–water partition coefficient (Wildman–Crippen LogP) is 4.25. The molecule has 0 aliphatic heterocycles. The summed E-state index contributed by atoms with van der Waals surface area (Å²) < 4.78 is 10.3. The first kappa shape index (κ1) is 25.8. The summed E-state index contributed by atoms with van der Waals surface area (Å²) >= 11 is 0. The number of benzene rings is 2. The Balaban J connectivity index is 0.00000240. The minimum absolute atomic E-state index is 0. The van der Waals surface area contributed by atoms with Gasteiger partial charge in [0.1, 0.15) is 6.61 Å². The fourth-order valence-electron chi connectivity index (χ4n) is 2.54. The van der Waals surface area contributed by atoms with Crippen molar-refractivity contribution in [3.8, 4) is 0 Å². The first-order chi connectivity index (χ1) is 14.1. The van der Waals surface area contributed by atoms with Crippen molar-refractivity contribution < 1.29 is 23.9 Å². The number of halogens is 2. The maximum Gasteiger partial charge on any atom is 0.340 e. The molecule has 0 radical (unpaired) electrons. The zero-order valence-corrected chi connectivity index (χ0v) is 18.1. The molecule has 0 fully saturated rings. The Morgan fingerprint density at radius 1 is 0.742 bits per heavy atom. The number of aromatic nitrogens is 1. The van der Waals surface area contributed by atoms with Crippen LogP contribution in [0, 0.1) is 0 Å². The number of carbonyl (C=O) groups is 3. The largest absolute Gasteiger partial charge is 0.457 e. The van der Waals surface area contributed by atoms with E-state index in [9.17, 15) is 14.4 Å². The Morgan fingerprint density at radius 2 is 1.39 bits per heavy atom. The fourth-order valence-corrected chi connectivity index (χ4v) is 2.54. The fraction of sp³-hybridized carbons (Fsp3) is 0.130. The van der Waals surface area contributed by atoms with Gasteiger partial charge in [-0.2, -0.15) is 0 Å². The first-order valence-electron chi connectivity index (χ1n) is 9.00. The summed E-state index contributed by atoms with van der Waals surface area (Å²) in [5.74, 6) is -1.18. The molecule has 8 heteroatoms. The Morgan fingerprint density at radius 3 is 2.03 bits per heavy atom. The third-order valence-electron chi connectivity index (χ3n) is 4.10. The van der Waals surface area contributed by atoms with Crippen molar-refractivity contribution in [2.75, 3.05) is 6.61 Å².